The fraction of sp³-hybridized carbons (Fsp3) is 0.125. The Morgan fingerprint density at radius 2 is 1.83 bits per heavy atom. The molecule has 0 bridgehead atoms. The van der Waals surface area contributed by atoms with Crippen LogP contribution in [0.25, 0.3) is 22.4 Å². The van der Waals surface area contributed by atoms with Crippen molar-refractivity contribution in [3.63, 3.8) is 0 Å². The third-order valence-electron chi connectivity index (χ3n) is 4.92. The standard InChI is InChI=1S/C24H21FN4O/c25-22-7-2-1-5-19(22)8-9-23(30)27-15-17-4-3-6-20(14-17)24-21(16-28-29-24)18-10-12-26-13-11-18/h1-7,10-14,16H,8-9,15H2,(H,27,30)(H,28,29). The minimum absolute atomic E-state index is 0.109. The lowest BCUT2D eigenvalue weighted by molar-refractivity contribution is -0.121. The van der Waals surface area contributed by atoms with Crippen LogP contribution in [0.2, 0.25) is 0 Å². The summed E-state index contributed by atoms with van der Waals surface area (Å²) in [6.07, 6.45) is 5.91. The fourth-order valence-electron chi connectivity index (χ4n) is 3.33. The molecule has 30 heavy (non-hydrogen) atoms. The van der Waals surface area contributed by atoms with Gasteiger partial charge in [-0.15, -0.1) is 0 Å². The van der Waals surface area contributed by atoms with Gasteiger partial charge in [0, 0.05) is 36.5 Å². The van der Waals surface area contributed by atoms with Crippen molar-refractivity contribution in [2.75, 3.05) is 0 Å². The van der Waals surface area contributed by atoms with Crippen molar-refractivity contribution in [3.8, 4) is 22.4 Å². The largest absolute Gasteiger partial charge is 0.352 e. The normalized spacial score (nSPS) is 10.7. The molecule has 0 fully saturated rings. The Kier molecular flexibility index (Phi) is 5.94. The molecule has 2 N–H and O–H groups in total. The van der Waals surface area contributed by atoms with Crippen LogP contribution in [0.1, 0.15) is 17.5 Å². The summed E-state index contributed by atoms with van der Waals surface area (Å²) in [6.45, 7) is 0.405. The summed E-state index contributed by atoms with van der Waals surface area (Å²) in [7, 11) is 0. The van der Waals surface area contributed by atoms with Crippen LogP contribution in [0.5, 0.6) is 0 Å². The quantitative estimate of drug-likeness (QED) is 0.479. The van der Waals surface area contributed by atoms with Gasteiger partial charge in [-0.05, 0) is 47.4 Å². The van der Waals surface area contributed by atoms with Crippen LogP contribution in [-0.4, -0.2) is 21.1 Å². The minimum Gasteiger partial charge on any atom is -0.352 e. The molecule has 2 heterocycles. The topological polar surface area (TPSA) is 70.7 Å². The van der Waals surface area contributed by atoms with Gasteiger partial charge in [0.15, 0.2) is 0 Å². The second-order valence-corrected chi connectivity index (χ2v) is 6.96. The second-order valence-electron chi connectivity index (χ2n) is 6.96. The van der Waals surface area contributed by atoms with Crippen molar-refractivity contribution in [1.29, 1.82) is 0 Å². The van der Waals surface area contributed by atoms with E-state index in [4.69, 9.17) is 0 Å². The molecular weight excluding hydrogens is 379 g/mol. The summed E-state index contributed by atoms with van der Waals surface area (Å²) in [4.78, 5) is 16.3. The number of pyridine rings is 1. The number of carbonyl (C=O) groups excluding carboxylic acids is 1. The summed E-state index contributed by atoms with van der Waals surface area (Å²) >= 11 is 0. The molecule has 0 atom stereocenters. The maximum Gasteiger partial charge on any atom is 0.220 e. The number of amides is 1. The Morgan fingerprint density at radius 3 is 2.67 bits per heavy atom. The predicted molar refractivity (Wildman–Crippen MR) is 114 cm³/mol. The van der Waals surface area contributed by atoms with Gasteiger partial charge in [-0.2, -0.15) is 5.10 Å². The average Bonchev–Trinajstić information content (AvgIpc) is 3.28. The molecule has 2 aromatic carbocycles. The fourth-order valence-corrected chi connectivity index (χ4v) is 3.33. The van der Waals surface area contributed by atoms with Crippen LogP contribution in [0.4, 0.5) is 4.39 Å². The van der Waals surface area contributed by atoms with E-state index in [9.17, 15) is 9.18 Å². The number of hydrogen-bond donors (Lipinski definition) is 2. The van der Waals surface area contributed by atoms with Gasteiger partial charge in [0.2, 0.25) is 5.91 Å². The highest BCUT2D eigenvalue weighted by atomic mass is 19.1. The summed E-state index contributed by atoms with van der Waals surface area (Å²) < 4.78 is 13.7. The van der Waals surface area contributed by atoms with Crippen molar-refractivity contribution in [1.82, 2.24) is 20.5 Å². The number of aryl methyl sites for hydroxylation is 1. The van der Waals surface area contributed by atoms with E-state index in [2.05, 4.69) is 20.5 Å². The lowest BCUT2D eigenvalue weighted by Crippen LogP contribution is -2.23. The molecule has 0 aliphatic rings. The molecule has 150 valence electrons. The van der Waals surface area contributed by atoms with E-state index in [0.29, 0.717) is 18.5 Å². The van der Waals surface area contributed by atoms with Crippen LogP contribution in [0, 0.1) is 5.82 Å². The van der Waals surface area contributed by atoms with E-state index >= 15 is 0 Å². The van der Waals surface area contributed by atoms with Gasteiger partial charge in [0.1, 0.15) is 5.82 Å². The maximum atomic E-state index is 13.7. The zero-order valence-electron chi connectivity index (χ0n) is 16.3. The SMILES string of the molecule is O=C(CCc1ccccc1F)NCc1cccc(-c2[nH]ncc2-c2ccncc2)c1. The number of rotatable bonds is 7. The highest BCUT2D eigenvalue weighted by molar-refractivity contribution is 5.80. The van der Waals surface area contributed by atoms with Crippen molar-refractivity contribution < 1.29 is 9.18 Å². The monoisotopic (exact) mass is 400 g/mol. The first-order valence-electron chi connectivity index (χ1n) is 9.74. The van der Waals surface area contributed by atoms with Gasteiger partial charge >= 0.3 is 0 Å². The minimum atomic E-state index is -0.275. The molecule has 1 amide bonds. The molecule has 0 radical (unpaired) electrons. The number of nitrogens with one attached hydrogen (secondary N) is 2. The van der Waals surface area contributed by atoms with Crippen molar-refractivity contribution in [3.05, 3.63) is 96.2 Å². The Bertz CT molecular complexity index is 1140. The molecule has 0 unspecified atom stereocenters. The van der Waals surface area contributed by atoms with E-state index in [1.165, 1.54) is 6.07 Å². The van der Waals surface area contributed by atoms with Gasteiger partial charge in [0.25, 0.3) is 0 Å². The van der Waals surface area contributed by atoms with Crippen molar-refractivity contribution in [2.24, 2.45) is 0 Å². The first-order chi connectivity index (χ1) is 14.7. The number of hydrogen-bond acceptors (Lipinski definition) is 3. The van der Waals surface area contributed by atoms with Crippen molar-refractivity contribution >= 4 is 5.91 Å². The third-order valence-corrected chi connectivity index (χ3v) is 4.92. The molecule has 0 spiro atoms. The summed E-state index contributed by atoms with van der Waals surface area (Å²) in [5.74, 6) is -0.384. The molecule has 6 heteroatoms. The summed E-state index contributed by atoms with van der Waals surface area (Å²) in [5.41, 5.74) is 5.44. The van der Waals surface area contributed by atoms with Crippen LogP contribution in [0.3, 0.4) is 0 Å². The van der Waals surface area contributed by atoms with E-state index in [1.54, 1.807) is 36.8 Å². The molecule has 2 aromatic heterocycles. The predicted octanol–water partition coefficient (Wildman–Crippen LogP) is 4.53. The van der Waals surface area contributed by atoms with Gasteiger partial charge in [-0.1, -0.05) is 36.4 Å². The lowest BCUT2D eigenvalue weighted by Gasteiger charge is -2.09. The third kappa shape index (κ3) is 4.60. The maximum absolute atomic E-state index is 13.7. The lowest BCUT2D eigenvalue weighted by atomic mass is 10.0. The zero-order valence-corrected chi connectivity index (χ0v) is 16.3. The number of carbonyl (C=O) groups is 1. The Hall–Kier alpha value is -3.80. The zero-order chi connectivity index (χ0) is 20.8. The number of aromatic amines is 1. The molecular formula is C24H21FN4O. The van der Waals surface area contributed by atoms with Gasteiger partial charge in [-0.25, -0.2) is 4.39 Å². The number of halogens is 1. The smallest absolute Gasteiger partial charge is 0.220 e. The number of benzene rings is 2. The van der Waals surface area contributed by atoms with E-state index in [0.717, 1.165) is 27.9 Å². The molecule has 0 aliphatic heterocycles. The van der Waals surface area contributed by atoms with Gasteiger partial charge in [-0.3, -0.25) is 14.9 Å². The molecule has 5 nitrogen and oxygen atoms in total. The van der Waals surface area contributed by atoms with Gasteiger partial charge < -0.3 is 5.32 Å². The van der Waals surface area contributed by atoms with Crippen LogP contribution < -0.4 is 5.32 Å². The molecule has 4 aromatic rings. The Labute approximate surface area is 174 Å². The van der Waals surface area contributed by atoms with Gasteiger partial charge in [0.05, 0.1) is 11.9 Å². The molecule has 0 saturated carbocycles. The van der Waals surface area contributed by atoms with E-state index < -0.39 is 0 Å². The highest BCUT2D eigenvalue weighted by Gasteiger charge is 2.11. The Balaban J connectivity index is 1.41. The molecule has 0 saturated heterocycles. The van der Waals surface area contributed by atoms with E-state index in [-0.39, 0.29) is 18.1 Å². The van der Waals surface area contributed by atoms with Crippen LogP contribution in [0.15, 0.2) is 79.3 Å². The second kappa shape index (κ2) is 9.13. The first kappa shape index (κ1) is 19.5. The van der Waals surface area contributed by atoms with Crippen LogP contribution in [-0.2, 0) is 17.8 Å². The summed E-state index contributed by atoms with van der Waals surface area (Å²) in [6, 6.07) is 18.4. The summed E-state index contributed by atoms with van der Waals surface area (Å²) in [5, 5.41) is 10.2. The van der Waals surface area contributed by atoms with Crippen LogP contribution >= 0.6 is 0 Å². The first-order valence-corrected chi connectivity index (χ1v) is 9.74. The van der Waals surface area contributed by atoms with Crippen molar-refractivity contribution in [2.45, 2.75) is 19.4 Å². The number of H-pyrrole nitrogens is 1. The number of nitrogens with zero attached hydrogens (tertiary/aromatic N) is 2. The highest BCUT2D eigenvalue weighted by Crippen LogP contribution is 2.30. The van der Waals surface area contributed by atoms with E-state index in [1.807, 2.05) is 36.4 Å². The molecule has 0 aliphatic carbocycles. The Morgan fingerprint density at radius 1 is 1.00 bits per heavy atom. The number of aromatic nitrogens is 3. The average molecular weight is 400 g/mol. The molecule has 4 rings (SSSR count).